The van der Waals surface area contributed by atoms with Crippen molar-refractivity contribution in [1.82, 2.24) is 19.9 Å². The summed E-state index contributed by atoms with van der Waals surface area (Å²) in [6.45, 7) is 12.3. The van der Waals surface area contributed by atoms with Crippen molar-refractivity contribution in [3.63, 3.8) is 0 Å². The number of carbonyl (C=O) groups excluding carboxylic acids is 12. The normalized spacial score (nSPS) is 21.3. The lowest BCUT2D eigenvalue weighted by atomic mass is 9.98. The molecule has 0 spiro atoms. The third-order valence-electron chi connectivity index (χ3n) is 21.1. The van der Waals surface area contributed by atoms with Crippen LogP contribution >= 0.6 is 0 Å². The van der Waals surface area contributed by atoms with Crippen LogP contribution in [0.2, 0.25) is 0 Å². The zero-order valence-electron chi connectivity index (χ0n) is 77.8. The van der Waals surface area contributed by atoms with Crippen molar-refractivity contribution < 1.29 is 171 Å². The Hall–Kier alpha value is -13.8. The second-order valence-electron chi connectivity index (χ2n) is 31.6. The minimum atomic E-state index is -1.43. The van der Waals surface area contributed by atoms with Gasteiger partial charge in [-0.05, 0) is 107 Å². The molecule has 138 heavy (non-hydrogen) atoms. The number of ether oxygens (including phenoxy) is 24. The van der Waals surface area contributed by atoms with Crippen LogP contribution in [0.25, 0.3) is 90.9 Å². The van der Waals surface area contributed by atoms with Crippen LogP contribution in [-0.2, 0) is 157 Å². The summed E-state index contributed by atoms with van der Waals surface area (Å²) in [5.74, 6) is -7.56. The number of aromatic nitrogens is 4. The second kappa shape index (κ2) is 49.8. The van der Waals surface area contributed by atoms with Crippen molar-refractivity contribution in [3.05, 3.63) is 150 Å². The van der Waals surface area contributed by atoms with E-state index in [1.807, 2.05) is 152 Å². The van der Waals surface area contributed by atoms with Gasteiger partial charge in [0.25, 0.3) is 0 Å². The zero-order valence-corrected chi connectivity index (χ0v) is 77.8. The summed E-state index contributed by atoms with van der Waals surface area (Å²) in [5, 5.41) is 0. The molecule has 8 bridgehead atoms. The zero-order chi connectivity index (χ0) is 98.6. The summed E-state index contributed by atoms with van der Waals surface area (Å²) >= 11 is 0. The average Bonchev–Trinajstić information content (AvgIpc) is 1.64. The SMILES string of the molecule is CC(=O)OC[C@H]1O[C@H](OCCOCCOc2ccc(-c3c4nc(c(-c5ccc(OCCOCCO[C@H]6O[C@H](COC(C)=O)[C@@H](OC(C)=O)[C@H](OC(C)=O)[C@@H]6OC(C)=O)cc5)c5ccc([nH]5)c(-c5ccc(OCCOCCO[C@H]6O[C@H](COC(C)=O)[C@@H](OC(C)=O)[C@H](OC(C)=O)[C@@H]6OC(C)=O)cc5)c5nc(c(-c6ccccc6)c6ccc3[nH]6)C=C5)C=C4)cc2)[C@@H](OC(C)=O)[C@@H](OC(C)=O)[C@@H]1OC(C)=O. The van der Waals surface area contributed by atoms with Crippen LogP contribution in [0.1, 0.15) is 106 Å². The van der Waals surface area contributed by atoms with Gasteiger partial charge in [-0.2, -0.15) is 0 Å². The van der Waals surface area contributed by atoms with Gasteiger partial charge in [-0.25, -0.2) is 9.97 Å². The largest absolute Gasteiger partial charge is 0.491 e. The van der Waals surface area contributed by atoms with Crippen LogP contribution < -0.4 is 14.2 Å². The highest BCUT2D eigenvalue weighted by atomic mass is 16.8. The van der Waals surface area contributed by atoms with Gasteiger partial charge in [-0.15, -0.1) is 0 Å². The van der Waals surface area contributed by atoms with E-state index in [2.05, 4.69) is 9.97 Å². The first-order valence-electron chi connectivity index (χ1n) is 44.2. The molecule has 2 N–H and O–H groups in total. The van der Waals surface area contributed by atoms with Crippen molar-refractivity contribution >= 4 is 118 Å². The highest BCUT2D eigenvalue weighted by Crippen LogP contribution is 2.42. The summed E-state index contributed by atoms with van der Waals surface area (Å²) in [7, 11) is 0. The maximum absolute atomic E-state index is 12.4. The molecule has 5 aliphatic heterocycles. The van der Waals surface area contributed by atoms with Crippen molar-refractivity contribution in [2.75, 3.05) is 99.1 Å². The molecule has 736 valence electrons. The lowest BCUT2D eigenvalue weighted by Gasteiger charge is -2.44. The van der Waals surface area contributed by atoms with Gasteiger partial charge in [0.15, 0.2) is 73.8 Å². The summed E-state index contributed by atoms with van der Waals surface area (Å²) in [6, 6.07) is 40.3. The lowest BCUT2D eigenvalue weighted by Crippen LogP contribution is -2.63. The molecule has 0 aliphatic carbocycles. The Morgan fingerprint density at radius 1 is 0.254 bits per heavy atom. The van der Waals surface area contributed by atoms with Gasteiger partial charge < -0.3 is 124 Å². The molecular weight excluding hydrogens is 1810 g/mol. The van der Waals surface area contributed by atoms with Gasteiger partial charge in [0.2, 0.25) is 0 Å². The number of esters is 12. The van der Waals surface area contributed by atoms with Gasteiger partial charge in [-0.1, -0.05) is 66.7 Å². The Morgan fingerprint density at radius 2 is 0.478 bits per heavy atom. The quantitative estimate of drug-likeness (QED) is 0.0204. The number of H-pyrrole nitrogens is 2. The van der Waals surface area contributed by atoms with E-state index in [4.69, 9.17) is 124 Å². The van der Waals surface area contributed by atoms with Gasteiger partial charge in [0.1, 0.15) is 75.2 Å². The molecule has 3 aromatic heterocycles. The van der Waals surface area contributed by atoms with Crippen LogP contribution in [0.15, 0.2) is 127 Å². The molecule has 0 amide bonds. The highest BCUT2D eigenvalue weighted by Gasteiger charge is 2.56. The Morgan fingerprint density at radius 3 is 0.717 bits per heavy atom. The molecule has 4 aromatic carbocycles. The summed E-state index contributed by atoms with van der Waals surface area (Å²) < 4.78 is 138. The van der Waals surface area contributed by atoms with Crippen molar-refractivity contribution in [1.29, 1.82) is 0 Å². The molecule has 0 unspecified atom stereocenters. The predicted octanol–water partition coefficient (Wildman–Crippen LogP) is 9.81. The molecule has 7 aromatic rings. The third-order valence-corrected chi connectivity index (χ3v) is 21.1. The minimum Gasteiger partial charge on any atom is -0.491 e. The van der Waals surface area contributed by atoms with Gasteiger partial charge in [-0.3, -0.25) is 57.5 Å². The maximum Gasteiger partial charge on any atom is 0.303 e. The molecule has 40 heteroatoms. The first-order chi connectivity index (χ1) is 66.3. The summed E-state index contributed by atoms with van der Waals surface area (Å²) in [6.07, 6.45) is -12.6. The monoisotopic (exact) mass is 1920 g/mol. The molecule has 15 atom stereocenters. The number of aromatic amines is 2. The van der Waals surface area contributed by atoms with E-state index < -0.39 is 184 Å². The summed E-state index contributed by atoms with van der Waals surface area (Å²) in [4.78, 5) is 166. The fourth-order valence-corrected chi connectivity index (χ4v) is 15.8. The first kappa shape index (κ1) is 103. The van der Waals surface area contributed by atoms with Gasteiger partial charge >= 0.3 is 71.6 Å². The van der Waals surface area contributed by atoms with Crippen LogP contribution in [0.3, 0.4) is 0 Å². The standard InChI is InChI=1S/C98H108N4O36/c1-53(103)124-50-80-87(127-56(4)106)90(130-59(7)109)93(133-62(10)112)96(136-80)121-47-41-115-38-44-118-69-24-18-66(19-25-69)84-74-32-30-72(99-74)83(65-16-14-13-15-17-65)73-31-33-75(100-73)85(67-20-26-70(27-21-67)119-45-39-116-42-48-122-97-94(134-63(11)113)91(131-60(8)110)88(128-57(5)107)81(137-97)51-125-54(2)104)77-35-37-79(102-77)86(78-36-34-76(84)101-78)68-22-28-71(29-23-68)120-46-40-117-43-49-123-98-95(135-64(12)114)92(132-61(9)111)89(129-58(6)108)82(138-98)52-126-55(3)105/h13-37,80-82,87-99,102H,38-52H2,1-12H3/t80-,81-,82-,87-,88-,89-,90+,91+,92+,93+,94+,95+,96+,97+,98+/m1/s1. The van der Waals surface area contributed by atoms with Gasteiger partial charge in [0.05, 0.1) is 82.2 Å². The minimum absolute atomic E-state index is 0.0212. The number of hydrogen-bond donors (Lipinski definition) is 2. The molecule has 0 radical (unpaired) electrons. The molecule has 5 aliphatic rings. The molecule has 12 rings (SSSR count). The number of fused-ring (bicyclic) bond motifs is 8. The molecule has 3 saturated heterocycles. The van der Waals surface area contributed by atoms with Crippen molar-refractivity contribution in [3.8, 4) is 61.8 Å². The molecule has 0 saturated carbocycles. The molecule has 3 fully saturated rings. The van der Waals surface area contributed by atoms with Gasteiger partial charge in [0, 0.05) is 127 Å². The Kier molecular flexibility index (Phi) is 37.2. The molecule has 8 heterocycles. The number of nitrogens with one attached hydrogen (secondary N) is 2. The topological polar surface area (TPSA) is 484 Å². The smallest absolute Gasteiger partial charge is 0.303 e. The Bertz CT molecular complexity index is 5550. The van der Waals surface area contributed by atoms with E-state index in [9.17, 15) is 57.5 Å². The van der Waals surface area contributed by atoms with E-state index in [1.165, 1.54) is 20.8 Å². The lowest BCUT2D eigenvalue weighted by molar-refractivity contribution is -0.309. The number of carbonyl (C=O) groups is 12. The Labute approximate surface area is 791 Å². The van der Waals surface area contributed by atoms with E-state index in [1.54, 1.807) is 0 Å². The molecular formula is C98H108N4O36. The fourth-order valence-electron chi connectivity index (χ4n) is 15.8. The van der Waals surface area contributed by atoms with E-state index in [-0.39, 0.29) is 79.3 Å². The number of benzene rings is 4. The van der Waals surface area contributed by atoms with Crippen molar-refractivity contribution in [2.45, 2.75) is 175 Å². The number of hydrogen-bond acceptors (Lipinski definition) is 38. The highest BCUT2D eigenvalue weighted by molar-refractivity contribution is 6.00. The third kappa shape index (κ3) is 28.9. The number of rotatable bonds is 43. The maximum atomic E-state index is 12.4. The van der Waals surface area contributed by atoms with E-state index >= 15 is 0 Å². The van der Waals surface area contributed by atoms with E-state index in [0.717, 1.165) is 107 Å². The second-order valence-corrected chi connectivity index (χ2v) is 31.6. The van der Waals surface area contributed by atoms with E-state index in [0.29, 0.717) is 62.1 Å². The van der Waals surface area contributed by atoms with Crippen LogP contribution in [-0.4, -0.2) is 283 Å². The first-order valence-corrected chi connectivity index (χ1v) is 44.2. The fraction of sp³-hybridized carbons (Fsp3) is 0.429. The summed E-state index contributed by atoms with van der Waals surface area (Å²) in [5.41, 5.74) is 11.3. The van der Waals surface area contributed by atoms with Crippen LogP contribution in [0.5, 0.6) is 17.2 Å². The number of nitrogens with zero attached hydrogens (tertiary/aromatic N) is 2. The Balaban J connectivity index is 0.805. The predicted molar refractivity (Wildman–Crippen MR) is 483 cm³/mol. The van der Waals surface area contributed by atoms with Crippen LogP contribution in [0.4, 0.5) is 0 Å². The van der Waals surface area contributed by atoms with Crippen molar-refractivity contribution in [2.24, 2.45) is 0 Å². The van der Waals surface area contributed by atoms with Crippen LogP contribution in [0, 0.1) is 0 Å². The average molecular weight is 1920 g/mol. The molecule has 40 nitrogen and oxygen atoms in total.